The third-order valence-corrected chi connectivity index (χ3v) is 3.55. The molecule has 0 saturated carbocycles. The molecule has 3 rings (SSSR count). The van der Waals surface area contributed by atoms with E-state index in [0.29, 0.717) is 5.89 Å². The first-order valence-corrected chi connectivity index (χ1v) is 6.29. The Morgan fingerprint density at radius 3 is 2.58 bits per heavy atom. The second-order valence-electron chi connectivity index (χ2n) is 4.95. The van der Waals surface area contributed by atoms with Crippen LogP contribution in [0, 0.1) is 20.8 Å². The molecule has 0 aliphatic rings. The maximum absolute atomic E-state index is 5.98. The zero-order valence-electron chi connectivity index (χ0n) is 11.3. The highest BCUT2D eigenvalue weighted by molar-refractivity contribution is 5.84. The summed E-state index contributed by atoms with van der Waals surface area (Å²) in [7, 11) is 0. The molecule has 0 spiro atoms. The molecule has 0 unspecified atom stereocenters. The van der Waals surface area contributed by atoms with Crippen LogP contribution in [0.5, 0.6) is 0 Å². The number of hydrogen-bond donors (Lipinski definition) is 1. The predicted molar refractivity (Wildman–Crippen MR) is 78.1 cm³/mol. The SMILES string of the molecule is Cc1cccc(-c2nc3cc(N)c(C)c(C)c3o2)c1. The standard InChI is InChI=1S/C16H16N2O/c1-9-5-4-6-12(7-9)16-18-14-8-13(17)10(2)11(3)15(14)19-16/h4-8H,17H2,1-3H3. The number of aryl methyl sites for hydroxylation is 2. The highest BCUT2D eigenvalue weighted by Crippen LogP contribution is 2.30. The van der Waals surface area contributed by atoms with Gasteiger partial charge < -0.3 is 10.2 Å². The molecular formula is C16H16N2O. The van der Waals surface area contributed by atoms with Crippen molar-refractivity contribution in [3.05, 3.63) is 47.0 Å². The van der Waals surface area contributed by atoms with Gasteiger partial charge in [0.1, 0.15) is 5.52 Å². The highest BCUT2D eigenvalue weighted by atomic mass is 16.3. The molecule has 2 aromatic carbocycles. The number of nitrogen functional groups attached to an aromatic ring is 1. The molecule has 19 heavy (non-hydrogen) atoms. The van der Waals surface area contributed by atoms with Gasteiger partial charge in [0.25, 0.3) is 0 Å². The van der Waals surface area contributed by atoms with Gasteiger partial charge in [-0.25, -0.2) is 4.98 Å². The lowest BCUT2D eigenvalue weighted by molar-refractivity contribution is 0.617. The normalized spacial score (nSPS) is 11.1. The summed E-state index contributed by atoms with van der Waals surface area (Å²) < 4.78 is 5.91. The Kier molecular flexibility index (Phi) is 2.56. The largest absolute Gasteiger partial charge is 0.436 e. The van der Waals surface area contributed by atoms with E-state index in [2.05, 4.69) is 24.0 Å². The molecule has 0 amide bonds. The molecule has 3 heteroatoms. The van der Waals surface area contributed by atoms with Crippen LogP contribution in [0.1, 0.15) is 16.7 Å². The molecule has 0 aliphatic heterocycles. The molecule has 1 aromatic heterocycles. The summed E-state index contributed by atoms with van der Waals surface area (Å²) in [5, 5.41) is 0. The molecule has 96 valence electrons. The minimum atomic E-state index is 0.645. The van der Waals surface area contributed by atoms with Gasteiger partial charge in [-0.1, -0.05) is 17.7 Å². The van der Waals surface area contributed by atoms with E-state index in [4.69, 9.17) is 10.2 Å². The number of rotatable bonds is 1. The van der Waals surface area contributed by atoms with Gasteiger partial charge in [0.15, 0.2) is 5.58 Å². The van der Waals surface area contributed by atoms with Crippen molar-refractivity contribution in [2.75, 3.05) is 5.73 Å². The van der Waals surface area contributed by atoms with Crippen molar-refractivity contribution in [2.24, 2.45) is 0 Å². The number of hydrogen-bond acceptors (Lipinski definition) is 3. The smallest absolute Gasteiger partial charge is 0.227 e. The Morgan fingerprint density at radius 1 is 1.05 bits per heavy atom. The molecule has 0 bridgehead atoms. The zero-order valence-corrected chi connectivity index (χ0v) is 11.3. The molecule has 3 nitrogen and oxygen atoms in total. The van der Waals surface area contributed by atoms with Gasteiger partial charge in [-0.2, -0.15) is 0 Å². The molecule has 0 saturated heterocycles. The summed E-state index contributed by atoms with van der Waals surface area (Å²) in [6, 6.07) is 10.0. The molecule has 3 aromatic rings. The van der Waals surface area contributed by atoms with Crippen molar-refractivity contribution in [3.63, 3.8) is 0 Å². The lowest BCUT2D eigenvalue weighted by Gasteiger charge is -2.02. The van der Waals surface area contributed by atoms with Crippen molar-refractivity contribution in [2.45, 2.75) is 20.8 Å². The maximum atomic E-state index is 5.98. The van der Waals surface area contributed by atoms with Crippen molar-refractivity contribution in [1.29, 1.82) is 0 Å². The first kappa shape index (κ1) is 11.8. The Morgan fingerprint density at radius 2 is 1.84 bits per heavy atom. The van der Waals surface area contributed by atoms with Gasteiger partial charge in [-0.3, -0.25) is 0 Å². The Balaban J connectivity index is 2.25. The van der Waals surface area contributed by atoms with Crippen LogP contribution >= 0.6 is 0 Å². The molecule has 1 heterocycles. The van der Waals surface area contributed by atoms with Crippen molar-refractivity contribution in [3.8, 4) is 11.5 Å². The van der Waals surface area contributed by atoms with Crippen LogP contribution in [0.15, 0.2) is 34.7 Å². The number of anilines is 1. The van der Waals surface area contributed by atoms with Crippen LogP contribution in [-0.4, -0.2) is 4.98 Å². The number of nitrogens with zero attached hydrogens (tertiary/aromatic N) is 1. The fraction of sp³-hybridized carbons (Fsp3) is 0.188. The van der Waals surface area contributed by atoms with Gasteiger partial charge >= 0.3 is 0 Å². The first-order valence-electron chi connectivity index (χ1n) is 6.29. The Labute approximate surface area is 112 Å². The predicted octanol–water partition coefficient (Wildman–Crippen LogP) is 4.00. The third kappa shape index (κ3) is 1.87. The van der Waals surface area contributed by atoms with Crippen molar-refractivity contribution >= 4 is 16.8 Å². The summed E-state index contributed by atoms with van der Waals surface area (Å²) in [4.78, 5) is 4.54. The van der Waals surface area contributed by atoms with Crippen molar-refractivity contribution < 1.29 is 4.42 Å². The maximum Gasteiger partial charge on any atom is 0.227 e. The monoisotopic (exact) mass is 252 g/mol. The molecule has 0 aliphatic carbocycles. The van der Waals surface area contributed by atoms with E-state index < -0.39 is 0 Å². The Bertz CT molecular complexity index is 772. The molecular weight excluding hydrogens is 236 g/mol. The summed E-state index contributed by atoms with van der Waals surface area (Å²) in [6.45, 7) is 6.07. The summed E-state index contributed by atoms with van der Waals surface area (Å²) in [6.07, 6.45) is 0. The highest BCUT2D eigenvalue weighted by Gasteiger charge is 2.13. The first-order chi connectivity index (χ1) is 9.06. The number of nitrogens with two attached hydrogens (primary N) is 1. The van der Waals surface area contributed by atoms with Crippen LogP contribution in [0.25, 0.3) is 22.6 Å². The summed E-state index contributed by atoms with van der Waals surface area (Å²) in [5.74, 6) is 0.645. The van der Waals surface area contributed by atoms with Crippen LogP contribution in [-0.2, 0) is 0 Å². The quantitative estimate of drug-likeness (QED) is 0.666. The van der Waals surface area contributed by atoms with Gasteiger partial charge in [0.2, 0.25) is 5.89 Å². The van der Waals surface area contributed by atoms with Gasteiger partial charge in [0, 0.05) is 11.3 Å². The molecule has 0 radical (unpaired) electrons. The number of oxazole rings is 1. The topological polar surface area (TPSA) is 52.0 Å². The van der Waals surface area contributed by atoms with Gasteiger partial charge in [-0.15, -0.1) is 0 Å². The minimum absolute atomic E-state index is 0.645. The van der Waals surface area contributed by atoms with E-state index in [1.807, 2.05) is 32.0 Å². The van der Waals surface area contributed by atoms with Gasteiger partial charge in [-0.05, 0) is 50.1 Å². The van der Waals surface area contributed by atoms with E-state index in [-0.39, 0.29) is 0 Å². The average molecular weight is 252 g/mol. The molecule has 0 atom stereocenters. The Hall–Kier alpha value is -2.29. The summed E-state index contributed by atoms with van der Waals surface area (Å²) in [5.41, 5.74) is 12.7. The second-order valence-corrected chi connectivity index (χ2v) is 4.95. The van der Waals surface area contributed by atoms with Crippen molar-refractivity contribution in [1.82, 2.24) is 4.98 Å². The summed E-state index contributed by atoms with van der Waals surface area (Å²) >= 11 is 0. The molecule has 2 N–H and O–H groups in total. The second kappa shape index (κ2) is 4.12. The fourth-order valence-electron chi connectivity index (χ4n) is 2.24. The van der Waals surface area contributed by atoms with E-state index in [0.717, 1.165) is 33.5 Å². The van der Waals surface area contributed by atoms with Crippen LogP contribution in [0.4, 0.5) is 5.69 Å². The molecule has 0 fully saturated rings. The minimum Gasteiger partial charge on any atom is -0.436 e. The van der Waals surface area contributed by atoms with Crippen LogP contribution in [0.2, 0.25) is 0 Å². The fourth-order valence-corrected chi connectivity index (χ4v) is 2.24. The van der Waals surface area contributed by atoms with E-state index in [1.165, 1.54) is 5.56 Å². The number of fused-ring (bicyclic) bond motifs is 1. The number of aromatic nitrogens is 1. The third-order valence-electron chi connectivity index (χ3n) is 3.55. The van der Waals surface area contributed by atoms with E-state index in [1.54, 1.807) is 0 Å². The lowest BCUT2D eigenvalue weighted by atomic mass is 10.1. The average Bonchev–Trinajstić information content (AvgIpc) is 2.80. The van der Waals surface area contributed by atoms with E-state index >= 15 is 0 Å². The zero-order chi connectivity index (χ0) is 13.6. The van der Waals surface area contributed by atoms with E-state index in [9.17, 15) is 0 Å². The van der Waals surface area contributed by atoms with Crippen LogP contribution in [0.3, 0.4) is 0 Å². The van der Waals surface area contributed by atoms with Crippen LogP contribution < -0.4 is 5.73 Å². The number of benzene rings is 2. The lowest BCUT2D eigenvalue weighted by Crippen LogP contribution is -1.92. The van der Waals surface area contributed by atoms with Gasteiger partial charge in [0.05, 0.1) is 0 Å².